The lowest BCUT2D eigenvalue weighted by molar-refractivity contribution is -0.155. The van der Waals surface area contributed by atoms with Crippen LogP contribution >= 0.6 is 0 Å². The van der Waals surface area contributed by atoms with Gasteiger partial charge in [-0.25, -0.2) is 0 Å². The van der Waals surface area contributed by atoms with Crippen LogP contribution in [0.3, 0.4) is 0 Å². The molecule has 0 saturated carbocycles. The standard InChI is InChI=1S/C34H32N2O6/c37-21-26(23-11-3-1-4-12-23)36-30-32(39)35(25-16-15-22-10-6-7-13-24(22)20-25)18-9-17-34(30)29(31(36)38)28-27(42-34)14-5-2-8-19-41-33(28)40/h1,3-7,9-17,20,26-30,37H,2,8,18-19,21H2/b14-5-/t26-,27+,28-,29+,30?,34+/m1/s1. The monoisotopic (exact) mass is 564 g/mol. The number of hydrogen-bond acceptors (Lipinski definition) is 6. The fraction of sp³-hybridized carbons (Fsp3) is 0.324. The number of allylic oxidation sites excluding steroid dienone is 1. The number of anilines is 1. The van der Waals surface area contributed by atoms with Crippen molar-refractivity contribution in [3.63, 3.8) is 0 Å². The molecular formula is C34H32N2O6. The zero-order valence-corrected chi connectivity index (χ0v) is 23.0. The van der Waals surface area contributed by atoms with Crippen LogP contribution in [0.5, 0.6) is 0 Å². The number of rotatable bonds is 4. The maximum Gasteiger partial charge on any atom is 0.312 e. The minimum absolute atomic E-state index is 0.251. The number of nitrogens with zero attached hydrogens (tertiary/aromatic N) is 2. The minimum Gasteiger partial charge on any atom is -0.465 e. The highest BCUT2D eigenvalue weighted by atomic mass is 16.6. The van der Waals surface area contributed by atoms with Gasteiger partial charge in [0.2, 0.25) is 5.91 Å². The Kier molecular flexibility index (Phi) is 6.67. The molecule has 0 bridgehead atoms. The van der Waals surface area contributed by atoms with Crippen LogP contribution < -0.4 is 4.90 Å². The Morgan fingerprint density at radius 3 is 2.52 bits per heavy atom. The van der Waals surface area contributed by atoms with Crippen LogP contribution in [0, 0.1) is 11.8 Å². The van der Waals surface area contributed by atoms with Gasteiger partial charge in [-0.2, -0.15) is 0 Å². The van der Waals surface area contributed by atoms with E-state index >= 15 is 0 Å². The van der Waals surface area contributed by atoms with E-state index in [1.165, 1.54) is 4.90 Å². The molecule has 4 heterocycles. The number of carbonyl (C=O) groups excluding carboxylic acids is 3. The molecule has 1 spiro atoms. The number of amides is 2. The molecule has 0 aliphatic carbocycles. The molecule has 1 unspecified atom stereocenters. The summed E-state index contributed by atoms with van der Waals surface area (Å²) in [5, 5.41) is 12.7. The predicted molar refractivity (Wildman–Crippen MR) is 156 cm³/mol. The molecule has 6 atom stereocenters. The van der Waals surface area contributed by atoms with Crippen LogP contribution in [0.1, 0.15) is 24.4 Å². The lowest BCUT2D eigenvalue weighted by Crippen LogP contribution is -2.56. The van der Waals surface area contributed by atoms with Crippen molar-refractivity contribution in [3.05, 3.63) is 103 Å². The van der Waals surface area contributed by atoms with Gasteiger partial charge in [0.25, 0.3) is 5.91 Å². The lowest BCUT2D eigenvalue weighted by atomic mass is 9.78. The summed E-state index contributed by atoms with van der Waals surface area (Å²) in [6.07, 6.45) is 8.13. The lowest BCUT2D eigenvalue weighted by Gasteiger charge is -2.38. The Labute approximate surface area is 243 Å². The van der Waals surface area contributed by atoms with Gasteiger partial charge in [0.15, 0.2) is 0 Å². The summed E-state index contributed by atoms with van der Waals surface area (Å²) in [6, 6.07) is 21.0. The zero-order chi connectivity index (χ0) is 28.8. The first-order chi connectivity index (χ1) is 20.5. The maximum absolute atomic E-state index is 14.8. The van der Waals surface area contributed by atoms with Gasteiger partial charge in [-0.15, -0.1) is 0 Å². The van der Waals surface area contributed by atoms with Crippen molar-refractivity contribution in [1.82, 2.24) is 4.90 Å². The molecule has 4 aliphatic heterocycles. The topological polar surface area (TPSA) is 96.4 Å². The van der Waals surface area contributed by atoms with Crippen LogP contribution in [0.15, 0.2) is 97.1 Å². The van der Waals surface area contributed by atoms with Gasteiger partial charge in [0, 0.05) is 12.2 Å². The Hall–Kier alpha value is -4.27. The van der Waals surface area contributed by atoms with Crippen LogP contribution in [-0.2, 0) is 23.9 Å². The molecule has 4 aliphatic rings. The van der Waals surface area contributed by atoms with Crippen molar-refractivity contribution < 1.29 is 29.0 Å². The highest BCUT2D eigenvalue weighted by Gasteiger charge is 2.72. The van der Waals surface area contributed by atoms with E-state index in [-0.39, 0.29) is 19.1 Å². The van der Waals surface area contributed by atoms with E-state index in [9.17, 15) is 19.5 Å². The van der Waals surface area contributed by atoms with Crippen LogP contribution in [0.4, 0.5) is 5.69 Å². The number of cyclic esters (lactones) is 1. The normalized spacial score (nSPS) is 30.5. The highest BCUT2D eigenvalue weighted by molar-refractivity contribution is 6.06. The third-order valence-corrected chi connectivity index (χ3v) is 9.03. The number of esters is 1. The first-order valence-electron chi connectivity index (χ1n) is 14.5. The number of hydrogen-bond donors (Lipinski definition) is 1. The van der Waals surface area contributed by atoms with Gasteiger partial charge >= 0.3 is 5.97 Å². The summed E-state index contributed by atoms with van der Waals surface area (Å²) in [5.41, 5.74) is -0.0357. The summed E-state index contributed by atoms with van der Waals surface area (Å²) >= 11 is 0. The number of benzene rings is 3. The molecule has 2 saturated heterocycles. The molecule has 0 aromatic heterocycles. The second kappa shape index (κ2) is 10.5. The van der Waals surface area contributed by atoms with E-state index in [1.807, 2.05) is 91.0 Å². The molecule has 3 aromatic carbocycles. The summed E-state index contributed by atoms with van der Waals surface area (Å²) in [6.45, 7) is 0.111. The quantitative estimate of drug-likeness (QED) is 0.381. The summed E-state index contributed by atoms with van der Waals surface area (Å²) in [5.74, 6) is -3.14. The SMILES string of the molecule is O=C1OCCC/C=C\[C@@H]2O[C@]34C=CCN(c5ccc6ccccc6c5)C(=O)C3N([C@H](CO)c3ccccc3)C(=O)[C@@H]4[C@H]12. The Bertz CT molecular complexity index is 1600. The van der Waals surface area contributed by atoms with E-state index in [4.69, 9.17) is 9.47 Å². The molecule has 8 nitrogen and oxygen atoms in total. The third kappa shape index (κ3) is 4.08. The van der Waals surface area contributed by atoms with Gasteiger partial charge in [0.05, 0.1) is 31.3 Å². The second-order valence-corrected chi connectivity index (χ2v) is 11.3. The number of fused-ring (bicyclic) bond motifs is 3. The van der Waals surface area contributed by atoms with Crippen molar-refractivity contribution in [2.75, 3.05) is 24.7 Å². The minimum atomic E-state index is -1.42. The number of aliphatic hydroxyl groups excluding tert-OH is 1. The smallest absolute Gasteiger partial charge is 0.312 e. The number of likely N-dealkylation sites (tertiary alicyclic amines) is 1. The molecule has 0 radical (unpaired) electrons. The van der Waals surface area contributed by atoms with Gasteiger partial charge in [-0.05, 0) is 41.3 Å². The Morgan fingerprint density at radius 1 is 0.929 bits per heavy atom. The Morgan fingerprint density at radius 2 is 1.71 bits per heavy atom. The van der Waals surface area contributed by atoms with Crippen molar-refractivity contribution in [1.29, 1.82) is 0 Å². The Balaban J connectivity index is 1.38. The molecule has 214 valence electrons. The first-order valence-corrected chi connectivity index (χ1v) is 14.5. The fourth-order valence-corrected chi connectivity index (χ4v) is 7.13. The van der Waals surface area contributed by atoms with Gasteiger partial charge < -0.3 is 24.4 Å². The van der Waals surface area contributed by atoms with Crippen LogP contribution in [0.2, 0.25) is 0 Å². The van der Waals surface area contributed by atoms with E-state index in [0.29, 0.717) is 24.1 Å². The molecule has 2 fully saturated rings. The average molecular weight is 565 g/mol. The van der Waals surface area contributed by atoms with Gasteiger partial charge in [0.1, 0.15) is 17.6 Å². The van der Waals surface area contributed by atoms with Crippen LogP contribution in [0.25, 0.3) is 10.8 Å². The maximum atomic E-state index is 14.8. The summed E-state index contributed by atoms with van der Waals surface area (Å²) in [7, 11) is 0. The molecular weight excluding hydrogens is 532 g/mol. The molecule has 3 aromatic rings. The first kappa shape index (κ1) is 26.6. The van der Waals surface area contributed by atoms with E-state index in [2.05, 4.69) is 0 Å². The average Bonchev–Trinajstić information content (AvgIpc) is 3.43. The van der Waals surface area contributed by atoms with Gasteiger partial charge in [-0.3, -0.25) is 14.4 Å². The summed E-state index contributed by atoms with van der Waals surface area (Å²) in [4.78, 5) is 46.0. The van der Waals surface area contributed by atoms with Crippen molar-refractivity contribution in [2.45, 2.75) is 36.6 Å². The number of carbonyl (C=O) groups is 3. The van der Waals surface area contributed by atoms with Crippen molar-refractivity contribution >= 4 is 34.2 Å². The third-order valence-electron chi connectivity index (χ3n) is 9.03. The molecule has 8 heteroatoms. The number of aliphatic hydroxyl groups is 1. The van der Waals surface area contributed by atoms with Crippen LogP contribution in [-0.4, -0.2) is 65.3 Å². The summed E-state index contributed by atoms with van der Waals surface area (Å²) < 4.78 is 12.3. The second-order valence-electron chi connectivity index (χ2n) is 11.3. The molecule has 2 amide bonds. The van der Waals surface area contributed by atoms with E-state index < -0.39 is 54.1 Å². The zero-order valence-electron chi connectivity index (χ0n) is 23.0. The molecule has 42 heavy (non-hydrogen) atoms. The van der Waals surface area contributed by atoms with Crippen molar-refractivity contribution in [3.8, 4) is 0 Å². The van der Waals surface area contributed by atoms with Crippen molar-refractivity contribution in [2.24, 2.45) is 11.8 Å². The molecule has 1 N–H and O–H groups in total. The van der Waals surface area contributed by atoms with Gasteiger partial charge in [-0.1, -0.05) is 85.0 Å². The van der Waals surface area contributed by atoms with E-state index in [1.54, 1.807) is 11.0 Å². The highest BCUT2D eigenvalue weighted by Crippen LogP contribution is 2.55. The largest absolute Gasteiger partial charge is 0.465 e. The molecule has 7 rings (SSSR count). The fourth-order valence-electron chi connectivity index (χ4n) is 7.13. The van der Waals surface area contributed by atoms with E-state index in [0.717, 1.165) is 10.8 Å². The number of ether oxygens (including phenoxy) is 2. The predicted octanol–water partition coefficient (Wildman–Crippen LogP) is 3.95.